The molecule has 0 fully saturated rings. The molecular weight excluding hydrogens is 214 g/mol. The normalized spacial score (nSPS) is 10.4. The standard InChI is InChI=1S/C9H9N3S2/c1-6-3-2-4-7(8(6)10)13-9-11-5-12-14-9/h2-5H,10H2,1H3. The van der Waals surface area contributed by atoms with E-state index in [1.807, 2.05) is 25.1 Å². The number of aromatic nitrogens is 2. The van der Waals surface area contributed by atoms with Crippen LogP contribution in [-0.4, -0.2) is 9.36 Å². The third-order valence-electron chi connectivity index (χ3n) is 1.82. The fourth-order valence-corrected chi connectivity index (χ4v) is 2.58. The maximum absolute atomic E-state index is 5.93. The van der Waals surface area contributed by atoms with Crippen molar-refractivity contribution in [3.8, 4) is 0 Å². The van der Waals surface area contributed by atoms with Crippen LogP contribution in [0.5, 0.6) is 0 Å². The Morgan fingerprint density at radius 3 is 3.00 bits per heavy atom. The molecule has 0 bridgehead atoms. The van der Waals surface area contributed by atoms with Gasteiger partial charge in [-0.05, 0) is 30.1 Å². The molecule has 1 heterocycles. The van der Waals surface area contributed by atoms with Gasteiger partial charge in [0.05, 0.1) is 0 Å². The van der Waals surface area contributed by atoms with Crippen molar-refractivity contribution in [2.45, 2.75) is 16.2 Å². The molecular formula is C9H9N3S2. The Kier molecular flexibility index (Phi) is 2.69. The van der Waals surface area contributed by atoms with E-state index in [1.165, 1.54) is 11.5 Å². The molecule has 14 heavy (non-hydrogen) atoms. The van der Waals surface area contributed by atoms with Gasteiger partial charge < -0.3 is 5.73 Å². The SMILES string of the molecule is Cc1cccc(Sc2ncns2)c1N. The summed E-state index contributed by atoms with van der Waals surface area (Å²) in [6, 6.07) is 5.99. The number of benzene rings is 1. The number of para-hydroxylation sites is 1. The third-order valence-corrected chi connectivity index (χ3v) is 3.61. The molecule has 0 unspecified atom stereocenters. The second kappa shape index (κ2) is 3.98. The Morgan fingerprint density at radius 1 is 1.43 bits per heavy atom. The largest absolute Gasteiger partial charge is 0.398 e. The van der Waals surface area contributed by atoms with Crippen molar-refractivity contribution < 1.29 is 0 Å². The van der Waals surface area contributed by atoms with Crippen LogP contribution >= 0.6 is 23.3 Å². The van der Waals surface area contributed by atoms with Gasteiger partial charge in [-0.25, -0.2) is 4.98 Å². The van der Waals surface area contributed by atoms with Gasteiger partial charge in [0.2, 0.25) is 0 Å². The van der Waals surface area contributed by atoms with Gasteiger partial charge >= 0.3 is 0 Å². The van der Waals surface area contributed by atoms with Gasteiger partial charge in [0.25, 0.3) is 0 Å². The molecule has 0 amide bonds. The van der Waals surface area contributed by atoms with Crippen molar-refractivity contribution in [2.24, 2.45) is 0 Å². The first kappa shape index (κ1) is 9.48. The van der Waals surface area contributed by atoms with Crippen LogP contribution in [0.1, 0.15) is 5.56 Å². The Balaban J connectivity index is 2.29. The van der Waals surface area contributed by atoms with Gasteiger partial charge in [0, 0.05) is 10.6 Å². The second-order valence-electron chi connectivity index (χ2n) is 2.80. The van der Waals surface area contributed by atoms with Crippen LogP contribution in [0.2, 0.25) is 0 Å². The summed E-state index contributed by atoms with van der Waals surface area (Å²) in [5.41, 5.74) is 7.86. The van der Waals surface area contributed by atoms with Gasteiger partial charge in [-0.15, -0.1) is 0 Å². The molecule has 5 heteroatoms. The summed E-state index contributed by atoms with van der Waals surface area (Å²) >= 11 is 2.93. The maximum atomic E-state index is 5.93. The van der Waals surface area contributed by atoms with E-state index in [0.29, 0.717) is 0 Å². The van der Waals surface area contributed by atoms with E-state index in [0.717, 1.165) is 20.5 Å². The monoisotopic (exact) mass is 223 g/mol. The van der Waals surface area contributed by atoms with E-state index in [2.05, 4.69) is 9.36 Å². The smallest absolute Gasteiger partial charge is 0.174 e. The van der Waals surface area contributed by atoms with E-state index in [-0.39, 0.29) is 0 Å². The molecule has 0 atom stereocenters. The van der Waals surface area contributed by atoms with E-state index in [4.69, 9.17) is 5.73 Å². The minimum absolute atomic E-state index is 0.827. The van der Waals surface area contributed by atoms with Gasteiger partial charge in [0.1, 0.15) is 6.33 Å². The van der Waals surface area contributed by atoms with Crippen molar-refractivity contribution in [1.29, 1.82) is 0 Å². The highest BCUT2D eigenvalue weighted by molar-refractivity contribution is 8.01. The molecule has 2 N–H and O–H groups in total. The molecule has 0 aliphatic rings. The van der Waals surface area contributed by atoms with Crippen LogP contribution in [-0.2, 0) is 0 Å². The zero-order valence-corrected chi connectivity index (χ0v) is 9.23. The first-order chi connectivity index (χ1) is 6.77. The molecule has 0 aliphatic carbocycles. The van der Waals surface area contributed by atoms with Crippen LogP contribution in [0.4, 0.5) is 5.69 Å². The third kappa shape index (κ3) is 1.88. The number of hydrogen-bond donors (Lipinski definition) is 1. The van der Waals surface area contributed by atoms with E-state index in [9.17, 15) is 0 Å². The average Bonchev–Trinajstić information content (AvgIpc) is 2.66. The second-order valence-corrected chi connectivity index (χ2v) is 4.87. The number of nitrogens with zero attached hydrogens (tertiary/aromatic N) is 2. The molecule has 0 spiro atoms. The van der Waals surface area contributed by atoms with Gasteiger partial charge in [-0.1, -0.05) is 23.9 Å². The van der Waals surface area contributed by atoms with Crippen LogP contribution in [0.3, 0.4) is 0 Å². The highest BCUT2D eigenvalue weighted by Gasteiger charge is 2.05. The summed E-state index contributed by atoms with van der Waals surface area (Å²) < 4.78 is 4.86. The predicted molar refractivity (Wildman–Crippen MR) is 59.6 cm³/mol. The van der Waals surface area contributed by atoms with Gasteiger partial charge in [0.15, 0.2) is 4.34 Å². The Labute approximate surface area is 90.5 Å². The van der Waals surface area contributed by atoms with Crippen molar-refractivity contribution in [2.75, 3.05) is 5.73 Å². The van der Waals surface area contributed by atoms with E-state index >= 15 is 0 Å². The Morgan fingerprint density at radius 2 is 2.29 bits per heavy atom. The summed E-state index contributed by atoms with van der Waals surface area (Å²) in [5, 5.41) is 0. The van der Waals surface area contributed by atoms with E-state index in [1.54, 1.807) is 18.1 Å². The summed E-state index contributed by atoms with van der Waals surface area (Å²) in [5.74, 6) is 0. The number of rotatable bonds is 2. The molecule has 0 radical (unpaired) electrons. The highest BCUT2D eigenvalue weighted by atomic mass is 32.2. The van der Waals surface area contributed by atoms with Crippen LogP contribution in [0, 0.1) is 6.92 Å². The fraction of sp³-hybridized carbons (Fsp3) is 0.111. The zero-order chi connectivity index (χ0) is 9.97. The molecule has 0 aliphatic heterocycles. The van der Waals surface area contributed by atoms with Crippen molar-refractivity contribution in [1.82, 2.24) is 9.36 Å². The van der Waals surface area contributed by atoms with E-state index < -0.39 is 0 Å². The number of aryl methyl sites for hydroxylation is 1. The number of nitrogens with two attached hydrogens (primary N) is 1. The molecule has 72 valence electrons. The topological polar surface area (TPSA) is 51.8 Å². The van der Waals surface area contributed by atoms with Crippen molar-refractivity contribution >= 4 is 29.0 Å². The lowest BCUT2D eigenvalue weighted by Gasteiger charge is -2.04. The van der Waals surface area contributed by atoms with Gasteiger partial charge in [-0.2, -0.15) is 4.37 Å². The molecule has 2 rings (SSSR count). The van der Waals surface area contributed by atoms with Crippen LogP contribution in [0.15, 0.2) is 33.8 Å². The molecule has 0 saturated heterocycles. The van der Waals surface area contributed by atoms with Crippen molar-refractivity contribution in [3.63, 3.8) is 0 Å². The lowest BCUT2D eigenvalue weighted by molar-refractivity contribution is 1.21. The Hall–Kier alpha value is -1.07. The molecule has 1 aromatic heterocycles. The number of anilines is 1. The summed E-state index contributed by atoms with van der Waals surface area (Å²) in [7, 11) is 0. The number of nitrogen functional groups attached to an aromatic ring is 1. The molecule has 3 nitrogen and oxygen atoms in total. The molecule has 0 saturated carbocycles. The lowest BCUT2D eigenvalue weighted by atomic mass is 10.2. The summed E-state index contributed by atoms with van der Waals surface area (Å²) in [6.07, 6.45) is 1.55. The van der Waals surface area contributed by atoms with Crippen LogP contribution < -0.4 is 5.73 Å². The van der Waals surface area contributed by atoms with Crippen LogP contribution in [0.25, 0.3) is 0 Å². The quantitative estimate of drug-likeness (QED) is 0.795. The minimum atomic E-state index is 0.827. The lowest BCUT2D eigenvalue weighted by Crippen LogP contribution is -1.91. The predicted octanol–water partition coefficient (Wildman–Crippen LogP) is 2.58. The molecule has 2 aromatic rings. The summed E-state index contributed by atoms with van der Waals surface area (Å²) in [6.45, 7) is 2.00. The summed E-state index contributed by atoms with van der Waals surface area (Å²) in [4.78, 5) is 5.14. The molecule has 1 aromatic carbocycles. The first-order valence-corrected chi connectivity index (χ1v) is 5.66. The fourth-order valence-electron chi connectivity index (χ4n) is 1.04. The minimum Gasteiger partial charge on any atom is -0.398 e. The highest BCUT2D eigenvalue weighted by Crippen LogP contribution is 2.33. The van der Waals surface area contributed by atoms with Gasteiger partial charge in [-0.3, -0.25) is 0 Å². The number of hydrogen-bond acceptors (Lipinski definition) is 5. The maximum Gasteiger partial charge on any atom is 0.174 e. The zero-order valence-electron chi connectivity index (χ0n) is 7.60. The first-order valence-electron chi connectivity index (χ1n) is 4.07. The van der Waals surface area contributed by atoms with Crippen molar-refractivity contribution in [3.05, 3.63) is 30.1 Å². The Bertz CT molecular complexity index is 426. The average molecular weight is 223 g/mol.